The van der Waals surface area contributed by atoms with Crippen LogP contribution in [-0.2, 0) is 4.79 Å². The van der Waals surface area contributed by atoms with Gasteiger partial charge in [0, 0.05) is 24.5 Å². The van der Waals surface area contributed by atoms with E-state index in [9.17, 15) is 4.79 Å². The third-order valence-corrected chi connectivity index (χ3v) is 3.47. The van der Waals surface area contributed by atoms with E-state index in [0.717, 1.165) is 16.7 Å². The summed E-state index contributed by atoms with van der Waals surface area (Å²) >= 11 is 5.80. The van der Waals surface area contributed by atoms with Crippen LogP contribution in [0, 0.1) is 5.92 Å². The first kappa shape index (κ1) is 10.5. The van der Waals surface area contributed by atoms with Gasteiger partial charge in [-0.3, -0.25) is 4.79 Å². The second-order valence-corrected chi connectivity index (χ2v) is 4.53. The lowest BCUT2D eigenvalue weighted by Gasteiger charge is -2.15. The fraction of sp³-hybridized carbons (Fsp3) is 0.364. The van der Waals surface area contributed by atoms with Gasteiger partial charge in [-0.25, -0.2) is 0 Å². The van der Waals surface area contributed by atoms with Gasteiger partial charge < -0.3 is 4.90 Å². The molecule has 1 saturated heterocycles. The summed E-state index contributed by atoms with van der Waals surface area (Å²) in [5, 5.41) is 10.6. The standard InChI is InChI=1S/C11H11ClN4O/c12-5-7-3-11(17)16(6-7)8-1-2-9-10(4-8)14-15-13-9/h1-2,4,7H,3,5-6H2,(H,13,14,15). The van der Waals surface area contributed by atoms with E-state index in [-0.39, 0.29) is 11.8 Å². The molecule has 6 heteroatoms. The Morgan fingerprint density at radius 2 is 2.24 bits per heavy atom. The number of nitrogens with zero attached hydrogens (tertiary/aromatic N) is 3. The van der Waals surface area contributed by atoms with Crippen LogP contribution in [-0.4, -0.2) is 33.7 Å². The topological polar surface area (TPSA) is 61.9 Å². The smallest absolute Gasteiger partial charge is 0.227 e. The summed E-state index contributed by atoms with van der Waals surface area (Å²) in [6.45, 7) is 0.686. The minimum atomic E-state index is 0.124. The summed E-state index contributed by atoms with van der Waals surface area (Å²) in [5.74, 6) is 0.893. The largest absolute Gasteiger partial charge is 0.312 e. The van der Waals surface area contributed by atoms with Crippen molar-refractivity contribution in [3.05, 3.63) is 18.2 Å². The highest BCUT2D eigenvalue weighted by Crippen LogP contribution is 2.27. The summed E-state index contributed by atoms with van der Waals surface area (Å²) in [6.07, 6.45) is 0.528. The van der Waals surface area contributed by atoms with Gasteiger partial charge in [-0.05, 0) is 24.1 Å². The minimum Gasteiger partial charge on any atom is -0.312 e. The number of halogens is 1. The number of hydrogen-bond donors (Lipinski definition) is 1. The summed E-state index contributed by atoms with van der Waals surface area (Å²) in [5.41, 5.74) is 2.43. The van der Waals surface area contributed by atoms with Gasteiger partial charge in [0.15, 0.2) is 0 Å². The number of fused-ring (bicyclic) bond motifs is 1. The molecular weight excluding hydrogens is 240 g/mol. The molecule has 2 heterocycles. The predicted octanol–water partition coefficient (Wildman–Crippen LogP) is 1.55. The Bertz CT molecular complexity index is 567. The van der Waals surface area contributed by atoms with Gasteiger partial charge in [0.05, 0.1) is 0 Å². The number of aromatic amines is 1. The molecule has 3 rings (SSSR count). The molecule has 1 amide bonds. The molecular formula is C11H11ClN4O. The number of aromatic nitrogens is 3. The molecule has 17 heavy (non-hydrogen) atoms. The number of rotatable bonds is 2. The molecule has 5 nitrogen and oxygen atoms in total. The molecule has 1 aliphatic heterocycles. The van der Waals surface area contributed by atoms with Crippen molar-refractivity contribution in [1.82, 2.24) is 15.4 Å². The number of nitrogens with one attached hydrogen (secondary N) is 1. The zero-order chi connectivity index (χ0) is 11.8. The predicted molar refractivity (Wildman–Crippen MR) is 65.1 cm³/mol. The molecule has 0 bridgehead atoms. The number of amides is 1. The van der Waals surface area contributed by atoms with Crippen LogP contribution in [0.3, 0.4) is 0 Å². The van der Waals surface area contributed by atoms with E-state index >= 15 is 0 Å². The Morgan fingerprint density at radius 3 is 3.00 bits per heavy atom. The summed E-state index contributed by atoms with van der Waals surface area (Å²) in [7, 11) is 0. The lowest BCUT2D eigenvalue weighted by molar-refractivity contribution is -0.117. The van der Waals surface area contributed by atoms with Crippen LogP contribution in [0.1, 0.15) is 6.42 Å². The van der Waals surface area contributed by atoms with Crippen molar-refractivity contribution in [2.45, 2.75) is 6.42 Å². The molecule has 1 atom stereocenters. The molecule has 0 aliphatic carbocycles. The normalized spacial score (nSPS) is 20.4. The Balaban J connectivity index is 1.95. The van der Waals surface area contributed by atoms with Crippen LogP contribution in [0.5, 0.6) is 0 Å². The van der Waals surface area contributed by atoms with Crippen LogP contribution < -0.4 is 4.90 Å². The van der Waals surface area contributed by atoms with Gasteiger partial charge in [0.1, 0.15) is 11.0 Å². The Kier molecular flexibility index (Phi) is 2.48. The van der Waals surface area contributed by atoms with Gasteiger partial charge in [-0.1, -0.05) is 0 Å². The van der Waals surface area contributed by atoms with E-state index in [4.69, 9.17) is 11.6 Å². The van der Waals surface area contributed by atoms with Crippen LogP contribution >= 0.6 is 11.6 Å². The van der Waals surface area contributed by atoms with Crippen LogP contribution in [0.2, 0.25) is 0 Å². The number of hydrogen-bond acceptors (Lipinski definition) is 3. The third kappa shape index (κ3) is 1.76. The number of benzene rings is 1. The Morgan fingerprint density at radius 1 is 1.41 bits per heavy atom. The van der Waals surface area contributed by atoms with Gasteiger partial charge in [-0.15, -0.1) is 11.6 Å². The van der Waals surface area contributed by atoms with Crippen LogP contribution in [0.15, 0.2) is 18.2 Å². The fourth-order valence-corrected chi connectivity index (χ4v) is 2.34. The Hall–Kier alpha value is -1.62. The van der Waals surface area contributed by atoms with Crippen molar-refractivity contribution >= 4 is 34.2 Å². The quantitative estimate of drug-likeness (QED) is 0.823. The van der Waals surface area contributed by atoms with Crippen molar-refractivity contribution in [3.63, 3.8) is 0 Å². The summed E-state index contributed by atoms with van der Waals surface area (Å²) < 4.78 is 0. The second kappa shape index (κ2) is 4.00. The third-order valence-electron chi connectivity index (χ3n) is 3.03. The lowest BCUT2D eigenvalue weighted by atomic mass is 10.1. The van der Waals surface area contributed by atoms with Crippen molar-refractivity contribution in [1.29, 1.82) is 0 Å². The SMILES string of the molecule is O=C1CC(CCl)CN1c1ccc2n[nH]nc2c1. The number of alkyl halides is 1. The van der Waals surface area contributed by atoms with E-state index in [1.54, 1.807) is 4.90 Å². The van der Waals surface area contributed by atoms with Gasteiger partial charge in [-0.2, -0.15) is 15.4 Å². The zero-order valence-corrected chi connectivity index (χ0v) is 9.81. The van der Waals surface area contributed by atoms with Crippen LogP contribution in [0.25, 0.3) is 11.0 Å². The van der Waals surface area contributed by atoms with Gasteiger partial charge >= 0.3 is 0 Å². The highest BCUT2D eigenvalue weighted by atomic mass is 35.5. The minimum absolute atomic E-state index is 0.124. The zero-order valence-electron chi connectivity index (χ0n) is 9.06. The molecule has 0 saturated carbocycles. The van der Waals surface area contributed by atoms with E-state index in [1.165, 1.54) is 0 Å². The maximum Gasteiger partial charge on any atom is 0.227 e. The maximum atomic E-state index is 11.8. The first-order valence-corrected chi connectivity index (χ1v) is 5.98. The first-order chi connectivity index (χ1) is 8.28. The summed E-state index contributed by atoms with van der Waals surface area (Å²) in [6, 6.07) is 5.61. The molecule has 1 aromatic heterocycles. The average molecular weight is 251 g/mol. The lowest BCUT2D eigenvalue weighted by Crippen LogP contribution is -2.24. The van der Waals surface area contributed by atoms with E-state index in [2.05, 4.69) is 15.4 Å². The maximum absolute atomic E-state index is 11.8. The molecule has 88 valence electrons. The second-order valence-electron chi connectivity index (χ2n) is 4.23. The molecule has 1 aromatic carbocycles. The number of carbonyl (C=O) groups is 1. The Labute approximate surface area is 103 Å². The van der Waals surface area contributed by atoms with Crippen molar-refractivity contribution in [3.8, 4) is 0 Å². The van der Waals surface area contributed by atoms with E-state index in [0.29, 0.717) is 18.8 Å². The molecule has 1 aliphatic rings. The van der Waals surface area contributed by atoms with E-state index < -0.39 is 0 Å². The fourth-order valence-electron chi connectivity index (χ4n) is 2.13. The van der Waals surface area contributed by atoms with E-state index in [1.807, 2.05) is 18.2 Å². The van der Waals surface area contributed by atoms with Gasteiger partial charge in [0.25, 0.3) is 0 Å². The molecule has 1 unspecified atom stereocenters. The van der Waals surface area contributed by atoms with Crippen molar-refractivity contribution in [2.75, 3.05) is 17.3 Å². The molecule has 2 aromatic rings. The highest BCUT2D eigenvalue weighted by molar-refractivity contribution is 6.18. The highest BCUT2D eigenvalue weighted by Gasteiger charge is 2.30. The van der Waals surface area contributed by atoms with Crippen LogP contribution in [0.4, 0.5) is 5.69 Å². The van der Waals surface area contributed by atoms with Crippen molar-refractivity contribution < 1.29 is 4.79 Å². The first-order valence-electron chi connectivity index (χ1n) is 5.45. The number of H-pyrrole nitrogens is 1. The van der Waals surface area contributed by atoms with Crippen molar-refractivity contribution in [2.24, 2.45) is 5.92 Å². The average Bonchev–Trinajstić information content (AvgIpc) is 2.93. The molecule has 0 spiro atoms. The molecule has 1 fully saturated rings. The molecule has 0 radical (unpaired) electrons. The monoisotopic (exact) mass is 250 g/mol. The summed E-state index contributed by atoms with van der Waals surface area (Å²) in [4.78, 5) is 13.6. The number of carbonyl (C=O) groups excluding carboxylic acids is 1. The van der Waals surface area contributed by atoms with Gasteiger partial charge in [0.2, 0.25) is 5.91 Å². The number of anilines is 1. The molecule has 1 N–H and O–H groups in total.